The van der Waals surface area contributed by atoms with Crippen LogP contribution in [0, 0.1) is 5.92 Å². The Morgan fingerprint density at radius 2 is 1.75 bits per heavy atom. The van der Waals surface area contributed by atoms with Crippen molar-refractivity contribution in [3.63, 3.8) is 0 Å². The molecule has 2 heterocycles. The molecule has 6 nitrogen and oxygen atoms in total. The van der Waals surface area contributed by atoms with Gasteiger partial charge in [0.25, 0.3) is 0 Å². The van der Waals surface area contributed by atoms with Gasteiger partial charge in [0.05, 0.1) is 0 Å². The average Bonchev–Trinajstić information content (AvgIpc) is 2.92. The number of nitrogens with one attached hydrogen (secondary N) is 1. The van der Waals surface area contributed by atoms with Crippen LogP contribution in [0.5, 0.6) is 0 Å². The largest absolute Gasteiger partial charge is 0.350 e. The number of carbonyl (C=O) groups is 1. The molecule has 1 aliphatic carbocycles. The normalized spacial score (nSPS) is 18.4. The SMILES string of the molecule is O=C(C1CCC1)N1CCCN(Cc2cnc(NCc3ccccc3)nc2)CC1. The van der Waals surface area contributed by atoms with Gasteiger partial charge in [-0.1, -0.05) is 36.8 Å². The maximum atomic E-state index is 12.5. The topological polar surface area (TPSA) is 61.4 Å². The van der Waals surface area contributed by atoms with Crippen molar-refractivity contribution in [2.45, 2.75) is 38.8 Å². The summed E-state index contributed by atoms with van der Waals surface area (Å²) in [5, 5.41) is 3.26. The number of nitrogens with zero attached hydrogens (tertiary/aromatic N) is 4. The summed E-state index contributed by atoms with van der Waals surface area (Å²) in [6, 6.07) is 10.2. The molecule has 1 aromatic heterocycles. The number of benzene rings is 1. The number of aromatic nitrogens is 2. The lowest BCUT2D eigenvalue weighted by Crippen LogP contribution is -2.41. The molecule has 0 unspecified atom stereocenters. The molecule has 2 aromatic rings. The van der Waals surface area contributed by atoms with Gasteiger partial charge in [0.2, 0.25) is 11.9 Å². The van der Waals surface area contributed by atoms with Gasteiger partial charge in [-0.3, -0.25) is 9.69 Å². The lowest BCUT2D eigenvalue weighted by atomic mass is 9.84. The van der Waals surface area contributed by atoms with Gasteiger partial charge in [0.1, 0.15) is 0 Å². The number of carbonyl (C=O) groups excluding carboxylic acids is 1. The molecule has 0 bridgehead atoms. The van der Waals surface area contributed by atoms with Gasteiger partial charge in [-0.15, -0.1) is 0 Å². The third-order valence-electron chi connectivity index (χ3n) is 5.76. The van der Waals surface area contributed by atoms with Crippen LogP contribution in [-0.2, 0) is 17.9 Å². The van der Waals surface area contributed by atoms with Gasteiger partial charge in [-0.25, -0.2) is 9.97 Å². The Bertz CT molecular complexity index is 760. The second-order valence-electron chi connectivity index (χ2n) is 7.84. The molecule has 28 heavy (non-hydrogen) atoms. The number of rotatable bonds is 6. The Balaban J connectivity index is 1.25. The van der Waals surface area contributed by atoms with Crippen molar-refractivity contribution in [1.82, 2.24) is 19.8 Å². The highest BCUT2D eigenvalue weighted by Gasteiger charge is 2.30. The monoisotopic (exact) mass is 379 g/mol. The van der Waals surface area contributed by atoms with E-state index in [1.165, 1.54) is 12.0 Å². The lowest BCUT2D eigenvalue weighted by molar-refractivity contribution is -0.138. The molecule has 2 aliphatic rings. The lowest BCUT2D eigenvalue weighted by Gasteiger charge is -2.31. The molecule has 1 N–H and O–H groups in total. The van der Waals surface area contributed by atoms with E-state index in [0.29, 0.717) is 17.8 Å². The highest BCUT2D eigenvalue weighted by molar-refractivity contribution is 5.79. The van der Waals surface area contributed by atoms with E-state index in [1.54, 1.807) is 0 Å². The third-order valence-corrected chi connectivity index (χ3v) is 5.76. The Morgan fingerprint density at radius 3 is 2.46 bits per heavy atom. The fourth-order valence-electron chi connectivity index (χ4n) is 3.83. The fourth-order valence-corrected chi connectivity index (χ4v) is 3.83. The summed E-state index contributed by atoms with van der Waals surface area (Å²) in [4.78, 5) is 25.9. The second-order valence-corrected chi connectivity index (χ2v) is 7.84. The minimum absolute atomic E-state index is 0.302. The predicted octanol–water partition coefficient (Wildman–Crippen LogP) is 2.92. The molecule has 1 aliphatic heterocycles. The third kappa shape index (κ3) is 4.87. The minimum atomic E-state index is 0.302. The Kier molecular flexibility index (Phi) is 6.17. The molecule has 0 radical (unpaired) electrons. The zero-order valence-electron chi connectivity index (χ0n) is 16.4. The molecular formula is C22H29N5O. The summed E-state index contributed by atoms with van der Waals surface area (Å²) in [6.07, 6.45) is 8.23. The Hall–Kier alpha value is -2.47. The number of anilines is 1. The number of amides is 1. The van der Waals surface area contributed by atoms with Crippen LogP contribution >= 0.6 is 0 Å². The van der Waals surface area contributed by atoms with Crippen molar-refractivity contribution in [2.24, 2.45) is 5.92 Å². The Morgan fingerprint density at radius 1 is 0.964 bits per heavy atom. The van der Waals surface area contributed by atoms with Gasteiger partial charge in [0.15, 0.2) is 0 Å². The van der Waals surface area contributed by atoms with Gasteiger partial charge in [0, 0.05) is 63.1 Å². The summed E-state index contributed by atoms with van der Waals surface area (Å²) in [5.74, 6) is 1.34. The van der Waals surface area contributed by atoms with Crippen molar-refractivity contribution in [1.29, 1.82) is 0 Å². The van der Waals surface area contributed by atoms with Crippen LogP contribution in [0.3, 0.4) is 0 Å². The summed E-state index contributed by atoms with van der Waals surface area (Å²) in [5.41, 5.74) is 2.32. The summed E-state index contributed by atoms with van der Waals surface area (Å²) >= 11 is 0. The first-order valence-corrected chi connectivity index (χ1v) is 10.4. The van der Waals surface area contributed by atoms with Crippen LogP contribution in [-0.4, -0.2) is 51.9 Å². The van der Waals surface area contributed by atoms with Crippen LogP contribution in [0.2, 0.25) is 0 Å². The molecule has 1 aromatic carbocycles. The average molecular weight is 380 g/mol. The minimum Gasteiger partial charge on any atom is -0.350 e. The first-order chi connectivity index (χ1) is 13.8. The van der Waals surface area contributed by atoms with Crippen molar-refractivity contribution in [3.8, 4) is 0 Å². The maximum Gasteiger partial charge on any atom is 0.225 e. The fraction of sp³-hybridized carbons (Fsp3) is 0.500. The van der Waals surface area contributed by atoms with E-state index in [1.807, 2.05) is 30.6 Å². The summed E-state index contributed by atoms with van der Waals surface area (Å²) < 4.78 is 0. The van der Waals surface area contributed by atoms with Crippen LogP contribution in [0.25, 0.3) is 0 Å². The van der Waals surface area contributed by atoms with Crippen LogP contribution in [0.1, 0.15) is 36.8 Å². The van der Waals surface area contributed by atoms with Crippen molar-refractivity contribution in [2.75, 3.05) is 31.5 Å². The van der Waals surface area contributed by atoms with E-state index in [4.69, 9.17) is 0 Å². The first kappa shape index (κ1) is 18.9. The molecule has 1 amide bonds. The highest BCUT2D eigenvalue weighted by Crippen LogP contribution is 2.28. The quantitative estimate of drug-likeness (QED) is 0.836. The van der Waals surface area contributed by atoms with E-state index in [-0.39, 0.29) is 0 Å². The number of hydrogen-bond acceptors (Lipinski definition) is 5. The van der Waals surface area contributed by atoms with Crippen LogP contribution in [0.15, 0.2) is 42.7 Å². The van der Waals surface area contributed by atoms with E-state index in [0.717, 1.165) is 64.1 Å². The summed E-state index contributed by atoms with van der Waals surface area (Å²) in [7, 11) is 0. The predicted molar refractivity (Wildman–Crippen MR) is 110 cm³/mol. The van der Waals surface area contributed by atoms with Gasteiger partial charge in [-0.2, -0.15) is 0 Å². The zero-order valence-corrected chi connectivity index (χ0v) is 16.4. The molecule has 1 saturated heterocycles. The molecule has 0 atom stereocenters. The zero-order chi connectivity index (χ0) is 19.2. The molecule has 1 saturated carbocycles. The standard InChI is InChI=1S/C22H29N5O/c28-21(20-8-4-9-20)27-11-5-10-26(12-13-27)17-19-15-24-22(25-16-19)23-14-18-6-2-1-3-7-18/h1-3,6-7,15-16,20H,4-5,8-14,17H2,(H,23,24,25). The van der Waals surface area contributed by atoms with Gasteiger partial charge >= 0.3 is 0 Å². The molecule has 6 heteroatoms. The van der Waals surface area contributed by atoms with Crippen LogP contribution < -0.4 is 5.32 Å². The smallest absolute Gasteiger partial charge is 0.225 e. The number of hydrogen-bond donors (Lipinski definition) is 1. The maximum absolute atomic E-state index is 12.5. The highest BCUT2D eigenvalue weighted by atomic mass is 16.2. The van der Waals surface area contributed by atoms with Gasteiger partial charge < -0.3 is 10.2 Å². The van der Waals surface area contributed by atoms with Crippen LogP contribution in [0.4, 0.5) is 5.95 Å². The second kappa shape index (κ2) is 9.15. The van der Waals surface area contributed by atoms with Crippen molar-refractivity contribution >= 4 is 11.9 Å². The molecule has 2 fully saturated rings. The molecule has 4 rings (SSSR count). The molecular weight excluding hydrogens is 350 g/mol. The molecule has 0 spiro atoms. The molecule has 148 valence electrons. The van der Waals surface area contributed by atoms with Crippen molar-refractivity contribution in [3.05, 3.63) is 53.9 Å². The van der Waals surface area contributed by atoms with E-state index in [9.17, 15) is 4.79 Å². The van der Waals surface area contributed by atoms with E-state index >= 15 is 0 Å². The van der Waals surface area contributed by atoms with Crippen molar-refractivity contribution < 1.29 is 4.79 Å². The first-order valence-electron chi connectivity index (χ1n) is 10.4. The Labute approximate surface area is 167 Å². The van der Waals surface area contributed by atoms with Gasteiger partial charge in [-0.05, 0) is 24.8 Å². The summed E-state index contributed by atoms with van der Waals surface area (Å²) in [6.45, 7) is 5.23. The van der Waals surface area contributed by atoms with E-state index in [2.05, 4.69) is 37.2 Å². The van der Waals surface area contributed by atoms with E-state index < -0.39 is 0 Å².